The van der Waals surface area contributed by atoms with Gasteiger partial charge in [0, 0.05) is 18.6 Å². The highest BCUT2D eigenvalue weighted by atomic mass is 32.2. The Balaban J connectivity index is 2.64. The highest BCUT2D eigenvalue weighted by molar-refractivity contribution is 7.85. The van der Waals surface area contributed by atoms with E-state index in [-0.39, 0.29) is 11.6 Å². The second-order valence-corrected chi connectivity index (χ2v) is 5.48. The Kier molecular flexibility index (Phi) is 3.25. The number of aliphatic hydroxyl groups is 1. The van der Waals surface area contributed by atoms with E-state index in [1.807, 2.05) is 0 Å². The lowest BCUT2D eigenvalue weighted by molar-refractivity contribution is -0.457. The monoisotopic (exact) mass is 287 g/mol. The van der Waals surface area contributed by atoms with Crippen molar-refractivity contribution in [2.75, 3.05) is 6.54 Å². The zero-order chi connectivity index (χ0) is 14.2. The maximum atomic E-state index is 11.0. The zero-order valence-electron chi connectivity index (χ0n) is 9.68. The summed E-state index contributed by atoms with van der Waals surface area (Å²) in [6.07, 6.45) is 1.07. The first-order valence-electron chi connectivity index (χ1n) is 5.39. The van der Waals surface area contributed by atoms with Crippen molar-refractivity contribution in [3.63, 3.8) is 0 Å². The second kappa shape index (κ2) is 4.59. The van der Waals surface area contributed by atoms with Crippen LogP contribution in [0.1, 0.15) is 12.8 Å². The molecule has 1 aliphatic rings. The van der Waals surface area contributed by atoms with Gasteiger partial charge in [0.2, 0.25) is 0 Å². The summed E-state index contributed by atoms with van der Waals surface area (Å²) < 4.78 is 32.2. The third-order valence-corrected chi connectivity index (χ3v) is 3.68. The lowest BCUT2D eigenvalue weighted by Crippen LogP contribution is -2.11. The molecule has 0 bridgehead atoms. The lowest BCUT2D eigenvalue weighted by atomic mass is 10.2. The summed E-state index contributed by atoms with van der Waals surface area (Å²) in [5.41, 5.74) is -0.379. The average Bonchev–Trinajstić information content (AvgIpc) is 2.73. The molecule has 102 valence electrons. The molecule has 0 unspecified atom stereocenters. The van der Waals surface area contributed by atoms with Crippen molar-refractivity contribution in [1.29, 1.82) is 0 Å². The van der Waals surface area contributed by atoms with Gasteiger partial charge in [-0.05, 0) is 6.07 Å². The van der Waals surface area contributed by atoms with Gasteiger partial charge in [0.15, 0.2) is 6.54 Å². The van der Waals surface area contributed by atoms with Crippen LogP contribution in [-0.4, -0.2) is 40.0 Å². The number of hydrogen-bond donors (Lipinski definition) is 2. The van der Waals surface area contributed by atoms with E-state index in [0.29, 0.717) is 19.4 Å². The molecule has 0 aliphatic carbocycles. The molecule has 0 saturated carbocycles. The van der Waals surface area contributed by atoms with Gasteiger partial charge in [-0.3, -0.25) is 14.7 Å². The molecule has 2 N–H and O–H groups in total. The molecule has 0 saturated heterocycles. The molecule has 1 heterocycles. The first-order valence-corrected chi connectivity index (χ1v) is 6.83. The van der Waals surface area contributed by atoms with E-state index in [1.165, 1.54) is 10.6 Å². The van der Waals surface area contributed by atoms with Crippen molar-refractivity contribution in [2.45, 2.75) is 17.7 Å². The normalized spacial score (nSPS) is 15.8. The van der Waals surface area contributed by atoms with Crippen LogP contribution in [0, 0.1) is 10.1 Å². The van der Waals surface area contributed by atoms with Gasteiger partial charge in [-0.1, -0.05) is 0 Å². The van der Waals surface area contributed by atoms with Crippen molar-refractivity contribution >= 4 is 27.4 Å². The Labute approximate surface area is 108 Å². The Morgan fingerprint density at radius 1 is 1.37 bits per heavy atom. The standard InChI is InChI=1S/C10H10N2O6S/c13-10-2-1-5-11(10)8-4-3-7(19(16,17)18)6-9(8)12(14)15/h3-4,6H,1-2,5H2,(H,16,17,18)/p+1. The topological polar surface area (TPSA) is 121 Å². The van der Waals surface area contributed by atoms with E-state index in [4.69, 9.17) is 4.55 Å². The molecule has 1 aromatic rings. The lowest BCUT2D eigenvalue weighted by Gasteiger charge is -2.01. The molecule has 8 nitrogen and oxygen atoms in total. The van der Waals surface area contributed by atoms with Gasteiger partial charge in [0.05, 0.1) is 11.3 Å². The molecule has 0 radical (unpaired) electrons. The smallest absolute Gasteiger partial charge is 0.341 e. The van der Waals surface area contributed by atoms with E-state index in [1.54, 1.807) is 0 Å². The summed E-state index contributed by atoms with van der Waals surface area (Å²) in [6.45, 7) is 0.415. The minimum absolute atomic E-state index is 0.00251. The molecule has 1 aromatic carbocycles. The Hall–Kier alpha value is -2.00. The first-order chi connectivity index (χ1) is 8.80. The number of benzene rings is 1. The molecule has 2 rings (SSSR count). The summed E-state index contributed by atoms with van der Waals surface area (Å²) in [5, 5.41) is 20.6. The average molecular weight is 287 g/mol. The summed E-state index contributed by atoms with van der Waals surface area (Å²) in [4.78, 5) is 9.67. The molecule has 9 heteroatoms. The number of nitro groups is 1. The highest BCUT2D eigenvalue weighted by Gasteiger charge is 2.32. The molecular formula is C10H11N2O6S+. The molecule has 0 aromatic heterocycles. The van der Waals surface area contributed by atoms with Crippen LogP contribution in [0.5, 0.6) is 0 Å². The largest absolute Gasteiger partial charge is 0.463 e. The van der Waals surface area contributed by atoms with Crippen molar-refractivity contribution < 1.29 is 27.6 Å². The summed E-state index contributed by atoms with van der Waals surface area (Å²) >= 11 is 0. The van der Waals surface area contributed by atoms with E-state index in [0.717, 1.165) is 12.1 Å². The number of aliphatic hydroxyl groups excluding tert-OH is 1. The van der Waals surface area contributed by atoms with Crippen molar-refractivity contribution in [3.8, 4) is 0 Å². The molecule has 0 atom stereocenters. The van der Waals surface area contributed by atoms with Crippen molar-refractivity contribution in [3.05, 3.63) is 28.3 Å². The van der Waals surface area contributed by atoms with Crippen LogP contribution >= 0.6 is 0 Å². The molecule has 0 spiro atoms. The summed E-state index contributed by atoms with van der Waals surface area (Å²) in [6, 6.07) is 3.03. The predicted molar refractivity (Wildman–Crippen MR) is 64.6 cm³/mol. The van der Waals surface area contributed by atoms with Crippen LogP contribution in [0.15, 0.2) is 23.1 Å². The van der Waals surface area contributed by atoms with Crippen LogP contribution in [-0.2, 0) is 10.1 Å². The number of hydrogen-bond acceptors (Lipinski definition) is 4. The third kappa shape index (κ3) is 2.56. The quantitative estimate of drug-likeness (QED) is 0.373. The highest BCUT2D eigenvalue weighted by Crippen LogP contribution is 2.31. The van der Waals surface area contributed by atoms with Gasteiger partial charge in [-0.2, -0.15) is 13.0 Å². The van der Waals surface area contributed by atoms with Crippen molar-refractivity contribution in [1.82, 2.24) is 0 Å². The molecule has 0 fully saturated rings. The van der Waals surface area contributed by atoms with Gasteiger partial charge < -0.3 is 5.11 Å². The maximum absolute atomic E-state index is 11.0. The van der Waals surface area contributed by atoms with Crippen LogP contribution in [0.3, 0.4) is 0 Å². The Morgan fingerprint density at radius 2 is 2.05 bits per heavy atom. The van der Waals surface area contributed by atoms with Gasteiger partial charge in [0.25, 0.3) is 15.8 Å². The number of rotatable bonds is 3. The van der Waals surface area contributed by atoms with Crippen LogP contribution in [0.2, 0.25) is 0 Å². The second-order valence-electron chi connectivity index (χ2n) is 4.05. The molecular weight excluding hydrogens is 276 g/mol. The van der Waals surface area contributed by atoms with Gasteiger partial charge in [0.1, 0.15) is 4.90 Å². The summed E-state index contributed by atoms with van der Waals surface area (Å²) in [7, 11) is -4.50. The van der Waals surface area contributed by atoms with Gasteiger partial charge >= 0.3 is 11.6 Å². The van der Waals surface area contributed by atoms with Gasteiger partial charge in [-0.15, -0.1) is 0 Å². The fourth-order valence-corrected chi connectivity index (χ4v) is 2.46. The molecule has 1 aliphatic heterocycles. The minimum atomic E-state index is -4.50. The molecule has 19 heavy (non-hydrogen) atoms. The van der Waals surface area contributed by atoms with Crippen LogP contribution in [0.4, 0.5) is 11.4 Å². The Morgan fingerprint density at radius 3 is 2.53 bits per heavy atom. The van der Waals surface area contributed by atoms with E-state index in [9.17, 15) is 23.6 Å². The summed E-state index contributed by atoms with van der Waals surface area (Å²) in [5.74, 6) is 0.00251. The zero-order valence-corrected chi connectivity index (χ0v) is 10.5. The number of nitrogens with zero attached hydrogens (tertiary/aromatic N) is 2. The molecule has 0 amide bonds. The Bertz CT molecular complexity index is 679. The van der Waals surface area contributed by atoms with Crippen molar-refractivity contribution in [2.24, 2.45) is 0 Å². The first kappa shape index (κ1) is 13.4. The van der Waals surface area contributed by atoms with E-state index in [2.05, 4.69) is 0 Å². The van der Waals surface area contributed by atoms with E-state index >= 15 is 0 Å². The van der Waals surface area contributed by atoms with Crippen LogP contribution in [0.25, 0.3) is 0 Å². The maximum Gasteiger partial charge on any atom is 0.341 e. The minimum Gasteiger partial charge on any atom is -0.463 e. The SMILES string of the molecule is O=[N+]([O-])c1cc(S(=O)(=O)O)ccc1[N+]1=C(O)CCC1. The fraction of sp³-hybridized carbons (Fsp3) is 0.300. The van der Waals surface area contributed by atoms with E-state index < -0.39 is 25.6 Å². The number of nitro benzene ring substituents is 1. The third-order valence-electron chi connectivity index (χ3n) is 2.83. The van der Waals surface area contributed by atoms with Gasteiger partial charge in [-0.25, -0.2) is 0 Å². The predicted octanol–water partition coefficient (Wildman–Crippen LogP) is 1.24. The fourth-order valence-electron chi connectivity index (χ4n) is 1.96. The van der Waals surface area contributed by atoms with Crippen LogP contribution < -0.4 is 0 Å².